The van der Waals surface area contributed by atoms with E-state index in [9.17, 15) is 9.18 Å². The maximum absolute atomic E-state index is 12.7. The van der Waals surface area contributed by atoms with Gasteiger partial charge in [-0.25, -0.2) is 4.39 Å². The van der Waals surface area contributed by atoms with E-state index in [1.807, 2.05) is 18.2 Å². The Balaban J connectivity index is 1.76. The standard InChI is InChI=1S/C16H13FN2OS/c17-14-5-1-13(2-6-14)10-19-16(20)11-21-15-7-3-12(9-18)4-8-15/h1-8H,10-11H2,(H,19,20). The van der Waals surface area contributed by atoms with Crippen molar-refractivity contribution in [1.29, 1.82) is 5.26 Å². The molecule has 0 radical (unpaired) electrons. The van der Waals surface area contributed by atoms with Crippen LogP contribution in [0.15, 0.2) is 53.4 Å². The van der Waals surface area contributed by atoms with Crippen LogP contribution in [0.5, 0.6) is 0 Å². The number of rotatable bonds is 5. The molecule has 5 heteroatoms. The van der Waals surface area contributed by atoms with Crippen molar-refractivity contribution in [3.63, 3.8) is 0 Å². The van der Waals surface area contributed by atoms with Crippen LogP contribution >= 0.6 is 11.8 Å². The number of nitriles is 1. The van der Waals surface area contributed by atoms with Gasteiger partial charge in [0.1, 0.15) is 5.82 Å². The lowest BCUT2D eigenvalue weighted by Gasteiger charge is -2.05. The Morgan fingerprint density at radius 3 is 2.43 bits per heavy atom. The molecule has 2 aromatic rings. The fourth-order valence-electron chi connectivity index (χ4n) is 1.63. The normalized spacial score (nSPS) is 9.90. The van der Waals surface area contributed by atoms with E-state index < -0.39 is 0 Å². The minimum Gasteiger partial charge on any atom is -0.351 e. The summed E-state index contributed by atoms with van der Waals surface area (Å²) in [5.74, 6) is -0.0808. The van der Waals surface area contributed by atoms with Crippen molar-refractivity contribution in [1.82, 2.24) is 5.32 Å². The van der Waals surface area contributed by atoms with Gasteiger partial charge >= 0.3 is 0 Å². The Hall–Kier alpha value is -2.32. The summed E-state index contributed by atoms with van der Waals surface area (Å²) in [6.07, 6.45) is 0. The van der Waals surface area contributed by atoms with Crippen LogP contribution in [0.25, 0.3) is 0 Å². The number of halogens is 1. The molecule has 3 nitrogen and oxygen atoms in total. The summed E-state index contributed by atoms with van der Waals surface area (Å²) in [6.45, 7) is 0.382. The molecule has 0 saturated carbocycles. The quantitative estimate of drug-likeness (QED) is 0.863. The van der Waals surface area contributed by atoms with Gasteiger partial charge in [-0.1, -0.05) is 12.1 Å². The monoisotopic (exact) mass is 300 g/mol. The number of carbonyl (C=O) groups is 1. The van der Waals surface area contributed by atoms with E-state index in [2.05, 4.69) is 5.32 Å². The summed E-state index contributed by atoms with van der Waals surface area (Å²) in [4.78, 5) is 12.7. The minimum absolute atomic E-state index is 0.0892. The number of hydrogen-bond donors (Lipinski definition) is 1. The predicted molar refractivity (Wildman–Crippen MR) is 80.1 cm³/mol. The van der Waals surface area contributed by atoms with E-state index in [0.717, 1.165) is 10.5 Å². The highest BCUT2D eigenvalue weighted by Gasteiger charge is 2.03. The maximum atomic E-state index is 12.7. The Bertz CT molecular complexity index is 647. The SMILES string of the molecule is N#Cc1ccc(SCC(=O)NCc2ccc(F)cc2)cc1. The first-order valence-electron chi connectivity index (χ1n) is 6.31. The lowest BCUT2D eigenvalue weighted by molar-refractivity contribution is -0.118. The smallest absolute Gasteiger partial charge is 0.230 e. The van der Waals surface area contributed by atoms with Crippen LogP contribution in [0.3, 0.4) is 0 Å². The molecule has 0 saturated heterocycles. The molecular formula is C16H13FN2OS. The molecule has 0 fully saturated rings. The number of nitrogens with zero attached hydrogens (tertiary/aromatic N) is 1. The van der Waals surface area contributed by atoms with E-state index in [-0.39, 0.29) is 11.7 Å². The molecule has 2 aromatic carbocycles. The number of carbonyl (C=O) groups excluding carboxylic acids is 1. The van der Waals surface area contributed by atoms with Crippen LogP contribution in [0.1, 0.15) is 11.1 Å². The van der Waals surface area contributed by atoms with Crippen LogP contribution in [0, 0.1) is 17.1 Å². The lowest BCUT2D eigenvalue weighted by atomic mass is 10.2. The third-order valence-corrected chi connectivity index (χ3v) is 3.77. The predicted octanol–water partition coefficient (Wildman–Crippen LogP) is 3.11. The van der Waals surface area contributed by atoms with Gasteiger partial charge in [0, 0.05) is 11.4 Å². The van der Waals surface area contributed by atoms with Gasteiger partial charge in [-0.15, -0.1) is 11.8 Å². The van der Waals surface area contributed by atoms with Gasteiger partial charge < -0.3 is 5.32 Å². The second-order valence-corrected chi connectivity index (χ2v) is 5.38. The number of hydrogen-bond acceptors (Lipinski definition) is 3. The van der Waals surface area contributed by atoms with E-state index in [4.69, 9.17) is 5.26 Å². The molecule has 1 N–H and O–H groups in total. The Labute approximate surface area is 126 Å². The zero-order chi connectivity index (χ0) is 15.1. The summed E-state index contributed by atoms with van der Waals surface area (Å²) in [5, 5.41) is 11.5. The lowest BCUT2D eigenvalue weighted by Crippen LogP contribution is -2.24. The molecule has 0 unspecified atom stereocenters. The second kappa shape index (κ2) is 7.46. The first-order valence-corrected chi connectivity index (χ1v) is 7.30. The molecule has 0 aromatic heterocycles. The number of amides is 1. The molecule has 0 aliphatic heterocycles. The number of thioether (sulfide) groups is 1. The zero-order valence-electron chi connectivity index (χ0n) is 11.2. The molecular weight excluding hydrogens is 287 g/mol. The van der Waals surface area contributed by atoms with E-state index in [1.54, 1.807) is 24.3 Å². The summed E-state index contributed by atoms with van der Waals surface area (Å²) < 4.78 is 12.7. The number of nitrogens with one attached hydrogen (secondary N) is 1. The van der Waals surface area contributed by atoms with Gasteiger partial charge in [-0.3, -0.25) is 4.79 Å². The van der Waals surface area contributed by atoms with Crippen molar-refractivity contribution in [2.45, 2.75) is 11.4 Å². The van der Waals surface area contributed by atoms with Crippen LogP contribution in [-0.2, 0) is 11.3 Å². The Morgan fingerprint density at radius 2 is 1.81 bits per heavy atom. The largest absolute Gasteiger partial charge is 0.351 e. The van der Waals surface area contributed by atoms with Crippen molar-refractivity contribution >= 4 is 17.7 Å². The molecule has 0 aliphatic rings. The molecule has 0 atom stereocenters. The fraction of sp³-hybridized carbons (Fsp3) is 0.125. The maximum Gasteiger partial charge on any atom is 0.230 e. The van der Waals surface area contributed by atoms with Gasteiger partial charge in [0.2, 0.25) is 5.91 Å². The van der Waals surface area contributed by atoms with Crippen molar-refractivity contribution in [2.75, 3.05) is 5.75 Å². The molecule has 106 valence electrons. The Kier molecular flexibility index (Phi) is 5.35. The van der Waals surface area contributed by atoms with Gasteiger partial charge in [-0.05, 0) is 42.0 Å². The summed E-state index contributed by atoms with van der Waals surface area (Å²) >= 11 is 1.40. The van der Waals surface area contributed by atoms with Crippen molar-refractivity contribution in [3.05, 3.63) is 65.5 Å². The average Bonchev–Trinajstić information content (AvgIpc) is 2.53. The summed E-state index contributed by atoms with van der Waals surface area (Å²) in [6, 6.07) is 15.1. The van der Waals surface area contributed by atoms with Crippen molar-refractivity contribution in [3.8, 4) is 6.07 Å². The van der Waals surface area contributed by atoms with Gasteiger partial charge in [0.05, 0.1) is 17.4 Å². The highest BCUT2D eigenvalue weighted by atomic mass is 32.2. The molecule has 1 amide bonds. The highest BCUT2D eigenvalue weighted by molar-refractivity contribution is 8.00. The average molecular weight is 300 g/mol. The summed E-state index contributed by atoms with van der Waals surface area (Å²) in [5.41, 5.74) is 1.45. The molecule has 0 aliphatic carbocycles. The van der Waals surface area contributed by atoms with Crippen LogP contribution in [0.4, 0.5) is 4.39 Å². The zero-order valence-corrected chi connectivity index (χ0v) is 12.0. The van der Waals surface area contributed by atoms with Crippen LogP contribution in [-0.4, -0.2) is 11.7 Å². The minimum atomic E-state index is -0.290. The molecule has 0 heterocycles. The van der Waals surface area contributed by atoms with Crippen molar-refractivity contribution < 1.29 is 9.18 Å². The van der Waals surface area contributed by atoms with Gasteiger partial charge in [-0.2, -0.15) is 5.26 Å². The first kappa shape index (κ1) is 15.1. The van der Waals surface area contributed by atoms with E-state index >= 15 is 0 Å². The van der Waals surface area contributed by atoms with Gasteiger partial charge in [0.25, 0.3) is 0 Å². The molecule has 2 rings (SSSR count). The molecule has 0 spiro atoms. The topological polar surface area (TPSA) is 52.9 Å². The van der Waals surface area contributed by atoms with Crippen LogP contribution in [0.2, 0.25) is 0 Å². The Morgan fingerprint density at radius 1 is 1.14 bits per heavy atom. The summed E-state index contributed by atoms with van der Waals surface area (Å²) in [7, 11) is 0. The fourth-order valence-corrected chi connectivity index (χ4v) is 2.36. The van der Waals surface area contributed by atoms with Gasteiger partial charge in [0.15, 0.2) is 0 Å². The third kappa shape index (κ3) is 4.93. The first-order chi connectivity index (χ1) is 10.2. The number of benzene rings is 2. The van der Waals surface area contributed by atoms with E-state index in [1.165, 1.54) is 23.9 Å². The second-order valence-electron chi connectivity index (χ2n) is 4.33. The highest BCUT2D eigenvalue weighted by Crippen LogP contribution is 2.17. The molecule has 0 bridgehead atoms. The van der Waals surface area contributed by atoms with E-state index in [0.29, 0.717) is 17.9 Å². The van der Waals surface area contributed by atoms with Crippen molar-refractivity contribution in [2.24, 2.45) is 0 Å². The third-order valence-electron chi connectivity index (χ3n) is 2.76. The van der Waals surface area contributed by atoms with Crippen LogP contribution < -0.4 is 5.32 Å². The molecule has 21 heavy (non-hydrogen) atoms.